The smallest absolute Gasteiger partial charge is 0.408 e. The second-order valence-electron chi connectivity index (χ2n) is 7.85. The molecule has 6 nitrogen and oxygen atoms in total. The fourth-order valence-corrected chi connectivity index (χ4v) is 4.30. The maximum Gasteiger partial charge on any atom is 0.420 e. The molecular weight excluding hydrogens is 366 g/mol. The van der Waals surface area contributed by atoms with E-state index < -0.39 is 0 Å². The minimum absolute atomic E-state index is 0.0647. The molecule has 7 heteroatoms. The van der Waals surface area contributed by atoms with Crippen molar-refractivity contribution in [3.8, 4) is 0 Å². The van der Waals surface area contributed by atoms with Crippen molar-refractivity contribution in [2.75, 3.05) is 19.6 Å². The molecular formula is C20H28ClN3O3. The van der Waals surface area contributed by atoms with Crippen LogP contribution in [0.5, 0.6) is 0 Å². The first-order valence-electron chi connectivity index (χ1n) is 9.62. The Bertz CT molecular complexity index is 855. The lowest BCUT2D eigenvalue weighted by Gasteiger charge is -2.36. The highest BCUT2D eigenvalue weighted by Crippen LogP contribution is 2.27. The van der Waals surface area contributed by atoms with Gasteiger partial charge in [-0.15, -0.1) is 0 Å². The Hall–Kier alpha value is -1.79. The summed E-state index contributed by atoms with van der Waals surface area (Å²) in [7, 11) is 0. The zero-order chi connectivity index (χ0) is 19.7. The molecule has 1 aromatic heterocycles. The summed E-state index contributed by atoms with van der Waals surface area (Å²) in [6.07, 6.45) is 1.61. The van der Waals surface area contributed by atoms with Crippen molar-refractivity contribution in [3.05, 3.63) is 33.8 Å². The molecule has 1 fully saturated rings. The SMILES string of the molecule is CC(C)N(C(=O)CN1CCC(n2c(=O)oc3ccc(Cl)cc32)CC1)C(C)C. The zero-order valence-corrected chi connectivity index (χ0v) is 17.2. The van der Waals surface area contributed by atoms with Gasteiger partial charge in [0.2, 0.25) is 5.91 Å². The highest BCUT2D eigenvalue weighted by molar-refractivity contribution is 6.31. The van der Waals surface area contributed by atoms with Crippen LogP contribution in [0.25, 0.3) is 11.1 Å². The molecule has 0 spiro atoms. The first-order chi connectivity index (χ1) is 12.8. The minimum Gasteiger partial charge on any atom is -0.408 e. The summed E-state index contributed by atoms with van der Waals surface area (Å²) in [5.74, 6) is -0.177. The number of oxazole rings is 1. The van der Waals surface area contributed by atoms with Crippen LogP contribution in [0.1, 0.15) is 46.6 Å². The Labute approximate surface area is 164 Å². The standard InChI is InChI=1S/C20H28ClN3O3/c1-13(2)23(14(3)4)19(25)12-22-9-7-16(8-10-22)24-17-11-15(21)5-6-18(17)27-20(24)26/h5-6,11,13-14,16H,7-10,12H2,1-4H3. The van der Waals surface area contributed by atoms with Crippen molar-refractivity contribution in [2.24, 2.45) is 0 Å². The number of fused-ring (bicyclic) bond motifs is 1. The molecule has 1 aliphatic rings. The molecule has 27 heavy (non-hydrogen) atoms. The zero-order valence-electron chi connectivity index (χ0n) is 16.4. The number of piperidine rings is 1. The van der Waals surface area contributed by atoms with Crippen molar-refractivity contribution in [3.63, 3.8) is 0 Å². The number of carbonyl (C=O) groups is 1. The van der Waals surface area contributed by atoms with E-state index in [0.29, 0.717) is 17.2 Å². The summed E-state index contributed by atoms with van der Waals surface area (Å²) < 4.78 is 7.07. The maximum absolute atomic E-state index is 12.7. The average molecular weight is 394 g/mol. The van der Waals surface area contributed by atoms with E-state index in [2.05, 4.69) is 4.90 Å². The van der Waals surface area contributed by atoms with Crippen LogP contribution in [-0.4, -0.2) is 52.0 Å². The molecule has 0 saturated carbocycles. The normalized spacial score (nSPS) is 16.6. The van der Waals surface area contributed by atoms with E-state index in [9.17, 15) is 9.59 Å². The number of benzene rings is 1. The maximum atomic E-state index is 12.7. The number of rotatable bonds is 5. The Morgan fingerprint density at radius 1 is 1.22 bits per heavy atom. The Balaban J connectivity index is 1.68. The monoisotopic (exact) mass is 393 g/mol. The summed E-state index contributed by atoms with van der Waals surface area (Å²) in [5, 5.41) is 0.586. The summed E-state index contributed by atoms with van der Waals surface area (Å²) >= 11 is 6.09. The van der Waals surface area contributed by atoms with Crippen molar-refractivity contribution in [1.29, 1.82) is 0 Å². The predicted octanol–water partition coefficient (Wildman–Crippen LogP) is 3.53. The van der Waals surface area contributed by atoms with Gasteiger partial charge in [0.25, 0.3) is 0 Å². The third-order valence-corrected chi connectivity index (χ3v) is 5.49. The van der Waals surface area contributed by atoms with Gasteiger partial charge in [-0.05, 0) is 58.7 Å². The van der Waals surface area contributed by atoms with Crippen LogP contribution in [0.4, 0.5) is 0 Å². The van der Waals surface area contributed by atoms with E-state index in [-0.39, 0.29) is 29.8 Å². The van der Waals surface area contributed by atoms with E-state index in [4.69, 9.17) is 16.0 Å². The summed E-state index contributed by atoms with van der Waals surface area (Å²) in [6, 6.07) is 5.68. The van der Waals surface area contributed by atoms with Crippen LogP contribution < -0.4 is 5.76 Å². The molecule has 1 amide bonds. The molecule has 2 heterocycles. The number of halogens is 1. The number of amides is 1. The van der Waals surface area contributed by atoms with Gasteiger partial charge in [-0.25, -0.2) is 4.79 Å². The summed E-state index contributed by atoms with van der Waals surface area (Å²) in [4.78, 5) is 29.1. The first-order valence-corrected chi connectivity index (χ1v) is 10.00. The third kappa shape index (κ3) is 4.22. The summed E-state index contributed by atoms with van der Waals surface area (Å²) in [6.45, 7) is 10.2. The molecule has 1 aliphatic heterocycles. The molecule has 1 aromatic carbocycles. The van der Waals surface area contributed by atoms with Gasteiger partial charge in [-0.3, -0.25) is 14.3 Å². The van der Waals surface area contributed by atoms with Crippen molar-refractivity contribution >= 4 is 28.6 Å². The lowest BCUT2D eigenvalue weighted by atomic mass is 10.0. The number of hydrogen-bond donors (Lipinski definition) is 0. The van der Waals surface area contributed by atoms with Crippen molar-refractivity contribution in [2.45, 2.75) is 58.7 Å². The average Bonchev–Trinajstić information content (AvgIpc) is 2.90. The Morgan fingerprint density at radius 2 is 1.85 bits per heavy atom. The van der Waals surface area contributed by atoms with Crippen molar-refractivity contribution < 1.29 is 9.21 Å². The topological polar surface area (TPSA) is 58.7 Å². The van der Waals surface area contributed by atoms with Crippen LogP contribution in [-0.2, 0) is 4.79 Å². The molecule has 1 saturated heterocycles. The van der Waals surface area contributed by atoms with Gasteiger partial charge in [-0.1, -0.05) is 11.6 Å². The number of aromatic nitrogens is 1. The number of likely N-dealkylation sites (tertiary alicyclic amines) is 1. The van der Waals surface area contributed by atoms with Gasteiger partial charge in [0.15, 0.2) is 5.58 Å². The first kappa shape index (κ1) is 20.0. The van der Waals surface area contributed by atoms with E-state index >= 15 is 0 Å². The van der Waals surface area contributed by atoms with Crippen LogP contribution in [0.15, 0.2) is 27.4 Å². The van der Waals surface area contributed by atoms with E-state index in [1.807, 2.05) is 32.6 Å². The molecule has 2 aromatic rings. The lowest BCUT2D eigenvalue weighted by molar-refractivity contribution is -0.136. The molecule has 0 radical (unpaired) electrons. The van der Waals surface area contributed by atoms with Gasteiger partial charge in [-0.2, -0.15) is 0 Å². The molecule has 0 unspecified atom stereocenters. The van der Waals surface area contributed by atoms with Gasteiger partial charge >= 0.3 is 5.76 Å². The fraction of sp³-hybridized carbons (Fsp3) is 0.600. The predicted molar refractivity (Wildman–Crippen MR) is 107 cm³/mol. The molecule has 0 N–H and O–H groups in total. The molecule has 0 bridgehead atoms. The molecule has 148 valence electrons. The molecule has 3 rings (SSSR count). The number of hydrogen-bond acceptors (Lipinski definition) is 4. The van der Waals surface area contributed by atoms with E-state index in [1.54, 1.807) is 22.8 Å². The van der Waals surface area contributed by atoms with Gasteiger partial charge in [0.05, 0.1) is 12.1 Å². The molecule has 0 atom stereocenters. The van der Waals surface area contributed by atoms with Crippen molar-refractivity contribution in [1.82, 2.24) is 14.4 Å². The second kappa shape index (κ2) is 8.07. The molecule has 0 aliphatic carbocycles. The second-order valence-corrected chi connectivity index (χ2v) is 8.28. The Kier molecular flexibility index (Phi) is 5.96. The van der Waals surface area contributed by atoms with Crippen LogP contribution in [0, 0.1) is 0 Å². The fourth-order valence-electron chi connectivity index (χ4n) is 4.13. The largest absolute Gasteiger partial charge is 0.420 e. The summed E-state index contributed by atoms with van der Waals surface area (Å²) in [5.41, 5.74) is 1.30. The van der Waals surface area contributed by atoms with Gasteiger partial charge < -0.3 is 9.32 Å². The minimum atomic E-state index is -0.340. The van der Waals surface area contributed by atoms with E-state index in [0.717, 1.165) is 31.4 Å². The highest BCUT2D eigenvalue weighted by atomic mass is 35.5. The van der Waals surface area contributed by atoms with E-state index in [1.165, 1.54) is 0 Å². The number of carbonyl (C=O) groups excluding carboxylic acids is 1. The van der Waals surface area contributed by atoms with Crippen LogP contribution in [0.2, 0.25) is 5.02 Å². The Morgan fingerprint density at radius 3 is 2.44 bits per heavy atom. The lowest BCUT2D eigenvalue weighted by Crippen LogP contribution is -2.48. The van der Waals surface area contributed by atoms with Crippen LogP contribution in [0.3, 0.4) is 0 Å². The van der Waals surface area contributed by atoms with Gasteiger partial charge in [0, 0.05) is 36.2 Å². The van der Waals surface area contributed by atoms with Gasteiger partial charge in [0.1, 0.15) is 0 Å². The highest BCUT2D eigenvalue weighted by Gasteiger charge is 2.28. The third-order valence-electron chi connectivity index (χ3n) is 5.26. The number of nitrogens with zero attached hydrogens (tertiary/aromatic N) is 3. The van der Waals surface area contributed by atoms with Crippen LogP contribution >= 0.6 is 11.6 Å². The quantitative estimate of drug-likeness (QED) is 0.779.